The van der Waals surface area contributed by atoms with Gasteiger partial charge in [-0.15, -0.1) is 0 Å². The highest BCUT2D eigenvalue weighted by Gasteiger charge is 2.17. The molecule has 1 atom stereocenters. The van der Waals surface area contributed by atoms with Crippen LogP contribution in [0.25, 0.3) is 0 Å². The maximum Gasteiger partial charge on any atom is 0.273 e. The molecule has 0 bridgehead atoms. The number of furan rings is 1. The van der Waals surface area contributed by atoms with E-state index in [0.29, 0.717) is 12.3 Å². The van der Waals surface area contributed by atoms with Crippen LogP contribution in [0.4, 0.5) is 0 Å². The van der Waals surface area contributed by atoms with Crippen molar-refractivity contribution in [2.24, 2.45) is 5.92 Å². The minimum absolute atomic E-state index is 0.0278. The van der Waals surface area contributed by atoms with E-state index in [4.69, 9.17) is 9.52 Å². The summed E-state index contributed by atoms with van der Waals surface area (Å²) in [5.41, 5.74) is 0. The van der Waals surface area contributed by atoms with Crippen LogP contribution in [-0.2, 0) is 16.6 Å². The van der Waals surface area contributed by atoms with E-state index in [0.717, 1.165) is 0 Å². The topological polar surface area (TPSA) is 91.6 Å². The van der Waals surface area contributed by atoms with Gasteiger partial charge in [0.05, 0.1) is 13.2 Å². The van der Waals surface area contributed by atoms with Crippen LogP contribution in [0.15, 0.2) is 21.6 Å². The van der Waals surface area contributed by atoms with Crippen LogP contribution in [0.2, 0.25) is 0 Å². The molecular formula is C11H20N2O4S. The zero-order chi connectivity index (χ0) is 13.8. The van der Waals surface area contributed by atoms with Gasteiger partial charge in [0.15, 0.2) is 0 Å². The molecule has 1 heterocycles. The van der Waals surface area contributed by atoms with Crippen LogP contribution in [0.1, 0.15) is 19.6 Å². The first-order valence-electron chi connectivity index (χ1n) is 5.77. The van der Waals surface area contributed by atoms with Crippen molar-refractivity contribution >= 4 is 10.0 Å². The summed E-state index contributed by atoms with van der Waals surface area (Å²) in [5.74, 6) is 0.799. The molecular weight excluding hydrogens is 256 g/mol. The van der Waals surface area contributed by atoms with Crippen LogP contribution in [-0.4, -0.2) is 33.2 Å². The fourth-order valence-corrected chi connectivity index (χ4v) is 2.11. The monoisotopic (exact) mass is 276 g/mol. The van der Waals surface area contributed by atoms with E-state index in [1.54, 1.807) is 6.07 Å². The highest BCUT2D eigenvalue weighted by atomic mass is 32.2. The normalized spacial score (nSPS) is 14.1. The van der Waals surface area contributed by atoms with Gasteiger partial charge < -0.3 is 14.8 Å². The lowest BCUT2D eigenvalue weighted by Gasteiger charge is -2.18. The van der Waals surface area contributed by atoms with Crippen LogP contribution >= 0.6 is 0 Å². The van der Waals surface area contributed by atoms with Gasteiger partial charge in [-0.3, -0.25) is 0 Å². The Bertz CT molecular complexity index is 467. The molecule has 0 aliphatic carbocycles. The summed E-state index contributed by atoms with van der Waals surface area (Å²) in [7, 11) is -2.20. The fraction of sp³-hybridized carbons (Fsp3) is 0.636. The standard InChI is InChI=1S/C11H20N2O4S/c1-8(2)10(7-14)13-6-9-4-5-11(17-9)18(15,16)12-3/h4-5,8,10,12-14H,6-7H2,1-3H3/t10-/m1/s1. The number of nitrogens with one attached hydrogen (secondary N) is 2. The highest BCUT2D eigenvalue weighted by molar-refractivity contribution is 7.89. The third kappa shape index (κ3) is 3.81. The van der Waals surface area contributed by atoms with Gasteiger partial charge in [0, 0.05) is 6.04 Å². The molecule has 0 unspecified atom stereocenters. The highest BCUT2D eigenvalue weighted by Crippen LogP contribution is 2.13. The summed E-state index contributed by atoms with van der Waals surface area (Å²) in [4.78, 5) is 0. The Hall–Kier alpha value is -0.890. The first-order valence-corrected chi connectivity index (χ1v) is 7.25. The summed E-state index contributed by atoms with van der Waals surface area (Å²) in [6.45, 7) is 4.39. The summed E-state index contributed by atoms with van der Waals surface area (Å²) in [5, 5.41) is 12.2. The Labute approximate surface area is 107 Å². The quantitative estimate of drug-likeness (QED) is 0.666. The van der Waals surface area contributed by atoms with E-state index in [2.05, 4.69) is 10.0 Å². The lowest BCUT2D eigenvalue weighted by Crippen LogP contribution is -2.36. The lowest BCUT2D eigenvalue weighted by atomic mass is 10.1. The van der Waals surface area contributed by atoms with Crippen molar-refractivity contribution in [2.75, 3.05) is 13.7 Å². The van der Waals surface area contributed by atoms with Crippen molar-refractivity contribution in [3.05, 3.63) is 17.9 Å². The zero-order valence-electron chi connectivity index (χ0n) is 10.8. The molecule has 104 valence electrons. The minimum atomic E-state index is -3.53. The van der Waals surface area contributed by atoms with E-state index < -0.39 is 10.0 Å². The van der Waals surface area contributed by atoms with E-state index >= 15 is 0 Å². The second kappa shape index (κ2) is 6.33. The Morgan fingerprint density at radius 1 is 1.39 bits per heavy atom. The molecule has 0 radical (unpaired) electrons. The van der Waals surface area contributed by atoms with Gasteiger partial charge in [0.25, 0.3) is 10.0 Å². The molecule has 18 heavy (non-hydrogen) atoms. The second-order valence-electron chi connectivity index (χ2n) is 4.34. The van der Waals surface area contributed by atoms with Gasteiger partial charge in [-0.05, 0) is 25.1 Å². The summed E-state index contributed by atoms with van der Waals surface area (Å²) >= 11 is 0. The zero-order valence-corrected chi connectivity index (χ0v) is 11.6. The number of hydrogen-bond donors (Lipinski definition) is 3. The first-order chi connectivity index (χ1) is 8.40. The average Bonchev–Trinajstić information content (AvgIpc) is 2.79. The van der Waals surface area contributed by atoms with E-state index in [1.165, 1.54) is 13.1 Å². The molecule has 7 heteroatoms. The minimum Gasteiger partial charge on any atom is -0.447 e. The molecule has 0 aliphatic rings. The maximum absolute atomic E-state index is 11.5. The van der Waals surface area contributed by atoms with Crippen molar-refractivity contribution in [1.82, 2.24) is 10.0 Å². The average molecular weight is 276 g/mol. The molecule has 0 fully saturated rings. The van der Waals surface area contributed by atoms with Crippen LogP contribution in [0.3, 0.4) is 0 Å². The predicted octanol–water partition coefficient (Wildman–Crippen LogP) is 0.294. The SMILES string of the molecule is CNS(=O)(=O)c1ccc(CN[C@H](CO)C(C)C)o1. The van der Waals surface area contributed by atoms with Crippen LogP contribution < -0.4 is 10.0 Å². The molecule has 6 nitrogen and oxygen atoms in total. The van der Waals surface area contributed by atoms with Crippen molar-refractivity contribution < 1.29 is 17.9 Å². The maximum atomic E-state index is 11.5. The molecule has 0 amide bonds. The van der Waals surface area contributed by atoms with Crippen molar-refractivity contribution in [1.29, 1.82) is 0 Å². The first kappa shape index (κ1) is 15.2. The van der Waals surface area contributed by atoms with Gasteiger partial charge >= 0.3 is 0 Å². The van der Waals surface area contributed by atoms with Crippen LogP contribution in [0, 0.1) is 5.92 Å². The number of sulfonamides is 1. The molecule has 3 N–H and O–H groups in total. The molecule has 0 spiro atoms. The van der Waals surface area contributed by atoms with Gasteiger partial charge in [-0.2, -0.15) is 0 Å². The van der Waals surface area contributed by atoms with Gasteiger partial charge in [-0.1, -0.05) is 13.8 Å². The summed E-state index contributed by atoms with van der Waals surface area (Å²) in [6, 6.07) is 2.97. The van der Waals surface area contributed by atoms with Gasteiger partial charge in [-0.25, -0.2) is 13.1 Å². The summed E-state index contributed by atoms with van der Waals surface area (Å²) < 4.78 is 30.3. The van der Waals surface area contributed by atoms with Crippen LogP contribution in [0.5, 0.6) is 0 Å². The van der Waals surface area contributed by atoms with E-state index in [9.17, 15) is 8.42 Å². The third-order valence-electron chi connectivity index (χ3n) is 2.71. The van der Waals surface area contributed by atoms with E-state index in [-0.39, 0.29) is 23.7 Å². The molecule has 1 aromatic heterocycles. The number of rotatable bonds is 7. The van der Waals surface area contributed by atoms with Crippen molar-refractivity contribution in [2.45, 2.75) is 31.5 Å². The third-order valence-corrected chi connectivity index (χ3v) is 4.00. The molecule has 0 aliphatic heterocycles. The van der Waals surface area contributed by atoms with Crippen molar-refractivity contribution in [3.63, 3.8) is 0 Å². The lowest BCUT2D eigenvalue weighted by molar-refractivity contribution is 0.206. The molecule has 0 saturated carbocycles. The molecule has 0 saturated heterocycles. The fourth-order valence-electron chi connectivity index (χ4n) is 1.44. The number of aliphatic hydroxyl groups excluding tert-OH is 1. The molecule has 1 aromatic rings. The Morgan fingerprint density at radius 3 is 2.56 bits per heavy atom. The second-order valence-corrected chi connectivity index (χ2v) is 6.16. The smallest absolute Gasteiger partial charge is 0.273 e. The Balaban J connectivity index is 2.65. The molecule has 1 rings (SSSR count). The Morgan fingerprint density at radius 2 is 2.06 bits per heavy atom. The predicted molar refractivity (Wildman–Crippen MR) is 67.5 cm³/mol. The summed E-state index contributed by atoms with van der Waals surface area (Å²) in [6.07, 6.45) is 0. The van der Waals surface area contributed by atoms with Gasteiger partial charge in [0.1, 0.15) is 5.76 Å². The van der Waals surface area contributed by atoms with Gasteiger partial charge in [0.2, 0.25) is 5.09 Å². The number of aliphatic hydroxyl groups is 1. The molecule has 0 aromatic carbocycles. The largest absolute Gasteiger partial charge is 0.447 e. The Kier molecular flexibility index (Phi) is 5.33. The number of hydrogen-bond acceptors (Lipinski definition) is 5. The van der Waals surface area contributed by atoms with E-state index in [1.807, 2.05) is 13.8 Å². The van der Waals surface area contributed by atoms with Crippen molar-refractivity contribution in [3.8, 4) is 0 Å².